The second-order valence-corrected chi connectivity index (χ2v) is 7.40. The predicted octanol–water partition coefficient (Wildman–Crippen LogP) is 2.86. The Balaban J connectivity index is 1.67. The fourth-order valence-electron chi connectivity index (χ4n) is 4.94. The first-order valence-corrected chi connectivity index (χ1v) is 9.60. The molecule has 2 heterocycles. The molecule has 1 saturated carbocycles. The van der Waals surface area contributed by atoms with Crippen molar-refractivity contribution in [3.8, 4) is 0 Å². The zero-order valence-corrected chi connectivity index (χ0v) is 14.0. The lowest BCUT2D eigenvalue weighted by atomic mass is 9.90. The lowest BCUT2D eigenvalue weighted by Crippen LogP contribution is -2.52. The van der Waals surface area contributed by atoms with E-state index < -0.39 is 0 Å². The molecule has 21 heavy (non-hydrogen) atoms. The van der Waals surface area contributed by atoms with Crippen molar-refractivity contribution in [1.82, 2.24) is 15.1 Å². The molecule has 3 aliphatic rings. The summed E-state index contributed by atoms with van der Waals surface area (Å²) in [5, 5.41) is 3.82. The molecule has 1 N–H and O–H groups in total. The molecule has 0 spiro atoms. The molecule has 2 aliphatic heterocycles. The van der Waals surface area contributed by atoms with Crippen LogP contribution in [0.15, 0.2) is 0 Å². The van der Waals surface area contributed by atoms with E-state index in [1.54, 1.807) is 0 Å². The smallest absolute Gasteiger partial charge is 0.0250 e. The first-order valence-electron chi connectivity index (χ1n) is 9.60. The van der Waals surface area contributed by atoms with Crippen LogP contribution in [0, 0.1) is 0 Å². The average Bonchev–Trinajstić information content (AvgIpc) is 2.80. The third kappa shape index (κ3) is 4.00. The van der Waals surface area contributed by atoms with E-state index in [4.69, 9.17) is 0 Å². The molecule has 2 saturated heterocycles. The topological polar surface area (TPSA) is 18.5 Å². The van der Waals surface area contributed by atoms with Crippen molar-refractivity contribution in [2.45, 2.75) is 82.8 Å². The van der Waals surface area contributed by atoms with Crippen molar-refractivity contribution >= 4 is 0 Å². The van der Waals surface area contributed by atoms with E-state index in [1.807, 2.05) is 0 Å². The standard InChI is InChI=1S/C18H35N3/c1-2-19-17-10-5-3-4-6-11-18(17)21-14-8-13-20-12-7-9-16(20)15-21/h16-19H,2-15H2,1H3. The fourth-order valence-corrected chi connectivity index (χ4v) is 4.94. The van der Waals surface area contributed by atoms with Crippen LogP contribution in [-0.2, 0) is 0 Å². The Morgan fingerprint density at radius 3 is 2.43 bits per heavy atom. The number of hydrogen-bond acceptors (Lipinski definition) is 3. The van der Waals surface area contributed by atoms with E-state index in [2.05, 4.69) is 22.0 Å². The highest BCUT2D eigenvalue weighted by atomic mass is 15.3. The normalized spacial score (nSPS) is 36.7. The highest BCUT2D eigenvalue weighted by Crippen LogP contribution is 2.27. The maximum Gasteiger partial charge on any atom is 0.0250 e. The SMILES string of the molecule is CCNC1CCCCCCC1N1CCCN2CCCC2C1. The summed E-state index contributed by atoms with van der Waals surface area (Å²) in [7, 11) is 0. The zero-order chi connectivity index (χ0) is 14.5. The van der Waals surface area contributed by atoms with Crippen molar-refractivity contribution < 1.29 is 0 Å². The lowest BCUT2D eigenvalue weighted by Gasteiger charge is -2.39. The number of hydrogen-bond donors (Lipinski definition) is 1. The van der Waals surface area contributed by atoms with Gasteiger partial charge < -0.3 is 5.32 Å². The number of likely N-dealkylation sites (N-methyl/N-ethyl adjacent to an activating group) is 1. The summed E-state index contributed by atoms with van der Waals surface area (Å²) in [4.78, 5) is 5.65. The summed E-state index contributed by atoms with van der Waals surface area (Å²) in [6, 6.07) is 2.40. The van der Waals surface area contributed by atoms with Crippen LogP contribution in [0.1, 0.15) is 64.7 Å². The van der Waals surface area contributed by atoms with Gasteiger partial charge in [0, 0.05) is 24.7 Å². The number of rotatable bonds is 3. The quantitative estimate of drug-likeness (QED) is 0.863. The van der Waals surface area contributed by atoms with Crippen molar-refractivity contribution in [2.75, 3.05) is 32.7 Å². The Kier molecular flexibility index (Phi) is 5.96. The van der Waals surface area contributed by atoms with E-state index >= 15 is 0 Å². The monoisotopic (exact) mass is 293 g/mol. The minimum Gasteiger partial charge on any atom is -0.313 e. The first-order chi connectivity index (χ1) is 10.4. The summed E-state index contributed by atoms with van der Waals surface area (Å²) in [5.41, 5.74) is 0. The van der Waals surface area contributed by atoms with Gasteiger partial charge in [-0.15, -0.1) is 0 Å². The van der Waals surface area contributed by atoms with Crippen LogP contribution in [0.4, 0.5) is 0 Å². The maximum absolute atomic E-state index is 3.82. The van der Waals surface area contributed by atoms with Crippen molar-refractivity contribution in [2.24, 2.45) is 0 Å². The predicted molar refractivity (Wildman–Crippen MR) is 89.7 cm³/mol. The number of nitrogens with one attached hydrogen (secondary N) is 1. The minimum atomic E-state index is 0.739. The largest absolute Gasteiger partial charge is 0.313 e. The van der Waals surface area contributed by atoms with E-state index in [1.165, 1.54) is 84.0 Å². The molecule has 0 amide bonds. The molecule has 0 aromatic rings. The van der Waals surface area contributed by atoms with Gasteiger partial charge in [-0.05, 0) is 58.3 Å². The Bertz CT molecular complexity index is 307. The van der Waals surface area contributed by atoms with Crippen LogP contribution < -0.4 is 5.32 Å². The third-order valence-corrected chi connectivity index (χ3v) is 6.00. The van der Waals surface area contributed by atoms with Crippen molar-refractivity contribution in [3.63, 3.8) is 0 Å². The summed E-state index contributed by atoms with van der Waals surface area (Å²) in [6.07, 6.45) is 12.8. The molecule has 0 radical (unpaired) electrons. The number of nitrogens with zero attached hydrogens (tertiary/aromatic N) is 2. The molecule has 3 rings (SSSR count). The second-order valence-electron chi connectivity index (χ2n) is 7.40. The Labute approximate surface area is 131 Å². The summed E-state index contributed by atoms with van der Waals surface area (Å²) in [6.45, 7) is 8.78. The molecular formula is C18H35N3. The average molecular weight is 293 g/mol. The summed E-state index contributed by atoms with van der Waals surface area (Å²) in [5.74, 6) is 0. The minimum absolute atomic E-state index is 0.739. The van der Waals surface area contributed by atoms with Crippen LogP contribution in [0.25, 0.3) is 0 Å². The highest BCUT2D eigenvalue weighted by Gasteiger charge is 2.34. The Hall–Kier alpha value is -0.120. The Morgan fingerprint density at radius 1 is 0.810 bits per heavy atom. The Morgan fingerprint density at radius 2 is 1.57 bits per heavy atom. The molecule has 0 aromatic carbocycles. The molecule has 0 bridgehead atoms. The van der Waals surface area contributed by atoms with Gasteiger partial charge in [-0.25, -0.2) is 0 Å². The van der Waals surface area contributed by atoms with Gasteiger partial charge in [0.15, 0.2) is 0 Å². The van der Waals surface area contributed by atoms with Gasteiger partial charge in [0.1, 0.15) is 0 Å². The van der Waals surface area contributed by atoms with Crippen LogP contribution in [0.5, 0.6) is 0 Å². The third-order valence-electron chi connectivity index (χ3n) is 6.00. The molecule has 1 aliphatic carbocycles. The highest BCUT2D eigenvalue weighted by molar-refractivity contribution is 4.92. The van der Waals surface area contributed by atoms with E-state index in [0.717, 1.165) is 24.7 Å². The van der Waals surface area contributed by atoms with Crippen LogP contribution in [-0.4, -0.2) is 60.6 Å². The molecule has 122 valence electrons. The summed E-state index contributed by atoms with van der Waals surface area (Å²) < 4.78 is 0. The van der Waals surface area contributed by atoms with Crippen LogP contribution >= 0.6 is 0 Å². The van der Waals surface area contributed by atoms with Gasteiger partial charge in [-0.3, -0.25) is 9.80 Å². The van der Waals surface area contributed by atoms with Gasteiger partial charge in [0.05, 0.1) is 0 Å². The number of fused-ring (bicyclic) bond motifs is 1. The van der Waals surface area contributed by atoms with Gasteiger partial charge in [-0.1, -0.05) is 32.6 Å². The van der Waals surface area contributed by atoms with Gasteiger partial charge >= 0.3 is 0 Å². The molecule has 3 unspecified atom stereocenters. The zero-order valence-electron chi connectivity index (χ0n) is 14.0. The first kappa shape index (κ1) is 15.8. The van der Waals surface area contributed by atoms with Gasteiger partial charge in [0.2, 0.25) is 0 Å². The van der Waals surface area contributed by atoms with E-state index in [9.17, 15) is 0 Å². The molecule has 0 aromatic heterocycles. The van der Waals surface area contributed by atoms with Crippen molar-refractivity contribution in [3.05, 3.63) is 0 Å². The molecule has 3 heteroatoms. The molecule has 3 nitrogen and oxygen atoms in total. The van der Waals surface area contributed by atoms with Gasteiger partial charge in [0.25, 0.3) is 0 Å². The van der Waals surface area contributed by atoms with Crippen molar-refractivity contribution in [1.29, 1.82) is 0 Å². The molecule has 3 atom stereocenters. The van der Waals surface area contributed by atoms with E-state index in [-0.39, 0.29) is 0 Å². The second kappa shape index (κ2) is 7.94. The van der Waals surface area contributed by atoms with Crippen LogP contribution in [0.2, 0.25) is 0 Å². The maximum atomic E-state index is 3.82. The fraction of sp³-hybridized carbons (Fsp3) is 1.00. The molecule has 3 fully saturated rings. The van der Waals surface area contributed by atoms with Gasteiger partial charge in [-0.2, -0.15) is 0 Å². The van der Waals surface area contributed by atoms with Crippen LogP contribution in [0.3, 0.4) is 0 Å². The summed E-state index contributed by atoms with van der Waals surface area (Å²) >= 11 is 0. The van der Waals surface area contributed by atoms with E-state index in [0.29, 0.717) is 0 Å². The molecular weight excluding hydrogens is 258 g/mol. The lowest BCUT2D eigenvalue weighted by molar-refractivity contribution is 0.122.